The number of aliphatic hydroxyl groups is 2. The molecule has 0 bridgehead atoms. The van der Waals surface area contributed by atoms with Gasteiger partial charge < -0.3 is 39.9 Å². The van der Waals surface area contributed by atoms with Crippen LogP contribution in [0.5, 0.6) is 0 Å². The van der Waals surface area contributed by atoms with Crippen molar-refractivity contribution in [1.29, 1.82) is 0 Å². The lowest BCUT2D eigenvalue weighted by molar-refractivity contribution is -0.402. The molecule has 4 heteroatoms. The van der Waals surface area contributed by atoms with Crippen LogP contribution >= 0.6 is 0 Å². The number of quaternary nitrogens is 1. The Morgan fingerprint density at radius 3 is 1.67 bits per heavy atom. The minimum Gasteiger partial charge on any atom is -1.00 e. The first kappa shape index (κ1) is 9.79. The smallest absolute Gasteiger partial charge is 0.202 e. The monoisotopic (exact) mass is 205 g/mol. The summed E-state index contributed by atoms with van der Waals surface area (Å²) in [6, 6.07) is 0. The van der Waals surface area contributed by atoms with Crippen LogP contribution in [0, 0.1) is 0 Å². The van der Waals surface area contributed by atoms with E-state index in [-0.39, 0.29) is 30.5 Å². The second-order valence-electron chi connectivity index (χ2n) is 0.769. The Kier molecular flexibility index (Phi) is 9.15. The van der Waals surface area contributed by atoms with E-state index in [1.54, 1.807) is 0 Å². The summed E-state index contributed by atoms with van der Waals surface area (Å²) in [6.07, 6.45) is -1.23. The fraction of sp³-hybridized carbons (Fsp3) is 1.00. The molecule has 0 aliphatic carbocycles. The molecule has 0 atom stereocenters. The van der Waals surface area contributed by atoms with Gasteiger partial charge in [0.25, 0.3) is 0 Å². The molecule has 0 amide bonds. The van der Waals surface area contributed by atoms with Crippen molar-refractivity contribution >= 4 is 0 Å². The van der Waals surface area contributed by atoms with Crippen LogP contribution in [0.1, 0.15) is 0 Å². The topological polar surface area (TPSA) is 68.1 Å². The van der Waals surface area contributed by atoms with Gasteiger partial charge in [-0.25, -0.2) is 0 Å². The van der Waals surface area contributed by atoms with Gasteiger partial charge in [0.2, 0.25) is 6.29 Å². The molecule has 0 spiro atoms. The molecule has 0 saturated heterocycles. The maximum Gasteiger partial charge on any atom is 0.202 e. The maximum absolute atomic E-state index is 7.85. The number of rotatable bonds is 1. The third-order valence-electron chi connectivity index (χ3n) is 0.258. The van der Waals surface area contributed by atoms with Gasteiger partial charge in [0.1, 0.15) is 6.54 Å². The summed E-state index contributed by atoms with van der Waals surface area (Å²) in [5, 5.41) is 15.7. The van der Waals surface area contributed by atoms with Crippen LogP contribution in [0.4, 0.5) is 0 Å². The van der Waals surface area contributed by atoms with Crippen molar-refractivity contribution in [3.8, 4) is 0 Å². The van der Waals surface area contributed by atoms with Crippen LogP contribution in [0.3, 0.4) is 0 Å². The Balaban J connectivity index is 0. The molecule has 40 valence electrons. The van der Waals surface area contributed by atoms with Crippen molar-refractivity contribution < 1.29 is 39.9 Å². The van der Waals surface area contributed by atoms with Gasteiger partial charge in [-0.05, 0) is 0 Å². The van der Waals surface area contributed by atoms with Crippen LogP contribution in [0.25, 0.3) is 0 Å². The predicted molar refractivity (Wildman–Crippen MR) is 16.0 cm³/mol. The van der Waals surface area contributed by atoms with Crippen molar-refractivity contribution in [1.82, 2.24) is 0 Å². The summed E-state index contributed by atoms with van der Waals surface area (Å²) in [6.45, 7) is 0.167. The van der Waals surface area contributed by atoms with Gasteiger partial charge in [0, 0.05) is 0 Å². The lowest BCUT2D eigenvalue weighted by atomic mass is 10.7. The van der Waals surface area contributed by atoms with E-state index >= 15 is 0 Å². The van der Waals surface area contributed by atoms with Crippen LogP contribution in [0.2, 0.25) is 0 Å². The predicted octanol–water partition coefficient (Wildman–Crippen LogP) is -5.46. The Labute approximate surface area is 53.2 Å². The molecule has 0 aromatic rings. The van der Waals surface area contributed by atoms with Gasteiger partial charge in [0.15, 0.2) is 0 Å². The van der Waals surface area contributed by atoms with E-state index in [2.05, 4.69) is 5.73 Å². The van der Waals surface area contributed by atoms with Crippen molar-refractivity contribution in [2.24, 2.45) is 0 Å². The highest BCUT2D eigenvalue weighted by atomic mass is 127. The molecule has 0 aliphatic rings. The van der Waals surface area contributed by atoms with E-state index in [1.807, 2.05) is 0 Å². The molecule has 3 nitrogen and oxygen atoms in total. The van der Waals surface area contributed by atoms with Crippen LogP contribution in [-0.4, -0.2) is 23.0 Å². The summed E-state index contributed by atoms with van der Waals surface area (Å²) in [5.41, 5.74) is 3.19. The van der Waals surface area contributed by atoms with Crippen molar-refractivity contribution in [2.45, 2.75) is 6.29 Å². The summed E-state index contributed by atoms with van der Waals surface area (Å²) in [4.78, 5) is 0. The number of aliphatic hydroxyl groups excluding tert-OH is 1. The lowest BCUT2D eigenvalue weighted by Gasteiger charge is -1.87. The highest BCUT2D eigenvalue weighted by Crippen LogP contribution is 1.56. The molecule has 0 fully saturated rings. The van der Waals surface area contributed by atoms with Gasteiger partial charge in [-0.1, -0.05) is 0 Å². The molecule has 6 heavy (non-hydrogen) atoms. The minimum absolute atomic E-state index is 0. The average Bonchev–Trinajstić information content (AvgIpc) is 1.38. The van der Waals surface area contributed by atoms with Gasteiger partial charge in [0.05, 0.1) is 0 Å². The summed E-state index contributed by atoms with van der Waals surface area (Å²) in [7, 11) is 0. The quantitative estimate of drug-likeness (QED) is 0.295. The highest BCUT2D eigenvalue weighted by Gasteiger charge is 1.87. The molecule has 0 radical (unpaired) electrons. The molecule has 0 rings (SSSR count). The summed E-state index contributed by atoms with van der Waals surface area (Å²) in [5.74, 6) is 0. The third kappa shape index (κ3) is 8.82. The molecule has 0 unspecified atom stereocenters. The molecule has 0 saturated carbocycles. The largest absolute Gasteiger partial charge is 1.00 e. The zero-order valence-electron chi connectivity index (χ0n) is 3.26. The second kappa shape index (κ2) is 5.61. The van der Waals surface area contributed by atoms with Gasteiger partial charge in [-0.15, -0.1) is 0 Å². The third-order valence-corrected chi connectivity index (χ3v) is 0.258. The molecular formula is C2H8INO2. The lowest BCUT2D eigenvalue weighted by Crippen LogP contribution is -3.00. The van der Waals surface area contributed by atoms with E-state index < -0.39 is 6.29 Å². The fourth-order valence-electron chi connectivity index (χ4n) is 0. The summed E-state index contributed by atoms with van der Waals surface area (Å²) < 4.78 is 0. The molecule has 0 heterocycles. The molecule has 5 N–H and O–H groups in total. The van der Waals surface area contributed by atoms with E-state index in [1.165, 1.54) is 0 Å². The zero-order chi connectivity index (χ0) is 4.28. The first-order valence-electron chi connectivity index (χ1n) is 1.42. The van der Waals surface area contributed by atoms with E-state index in [4.69, 9.17) is 10.2 Å². The van der Waals surface area contributed by atoms with E-state index in [9.17, 15) is 0 Å². The first-order valence-corrected chi connectivity index (χ1v) is 1.42. The normalized spacial score (nSPS) is 8.00. The van der Waals surface area contributed by atoms with Crippen molar-refractivity contribution in [3.63, 3.8) is 0 Å². The minimum atomic E-state index is -1.23. The van der Waals surface area contributed by atoms with Crippen LogP contribution in [-0.2, 0) is 0 Å². The van der Waals surface area contributed by atoms with E-state index in [0.717, 1.165) is 0 Å². The molecule has 0 aromatic carbocycles. The van der Waals surface area contributed by atoms with Crippen molar-refractivity contribution in [3.05, 3.63) is 0 Å². The van der Waals surface area contributed by atoms with Gasteiger partial charge in [-0.2, -0.15) is 0 Å². The van der Waals surface area contributed by atoms with Crippen LogP contribution in [0.15, 0.2) is 0 Å². The highest BCUT2D eigenvalue weighted by molar-refractivity contribution is 4.18. The average molecular weight is 205 g/mol. The SMILES string of the molecule is [I-].[NH3+]CC(O)O. The Morgan fingerprint density at radius 2 is 1.67 bits per heavy atom. The molecule has 0 aliphatic heterocycles. The Hall–Kier alpha value is 0.610. The number of hydrogen-bond acceptors (Lipinski definition) is 2. The second-order valence-corrected chi connectivity index (χ2v) is 0.769. The molecular weight excluding hydrogens is 197 g/mol. The van der Waals surface area contributed by atoms with Crippen LogP contribution < -0.4 is 29.7 Å². The fourth-order valence-corrected chi connectivity index (χ4v) is 0. The first-order chi connectivity index (χ1) is 2.27. The van der Waals surface area contributed by atoms with E-state index in [0.29, 0.717) is 0 Å². The Bertz CT molecular complexity index is 25.5. The Morgan fingerprint density at radius 1 is 1.50 bits per heavy atom. The standard InChI is InChI=1S/C2H7NO2.HI/c3-1-2(4)5;/h2,4-5H,1,3H2;1H. The summed E-state index contributed by atoms with van der Waals surface area (Å²) >= 11 is 0. The zero-order valence-corrected chi connectivity index (χ0v) is 5.42. The number of hydrogen-bond donors (Lipinski definition) is 3. The molecule has 0 aromatic heterocycles. The maximum atomic E-state index is 7.85. The number of halogens is 1. The van der Waals surface area contributed by atoms with Crippen molar-refractivity contribution in [2.75, 3.05) is 6.54 Å². The van der Waals surface area contributed by atoms with Gasteiger partial charge in [-0.3, -0.25) is 0 Å². The van der Waals surface area contributed by atoms with Gasteiger partial charge >= 0.3 is 0 Å².